The second-order valence-corrected chi connectivity index (χ2v) is 5.39. The number of amidine groups is 1. The van der Waals surface area contributed by atoms with Crippen molar-refractivity contribution in [3.63, 3.8) is 0 Å². The van der Waals surface area contributed by atoms with Crippen molar-refractivity contribution in [2.75, 3.05) is 13.4 Å². The fourth-order valence-electron chi connectivity index (χ4n) is 1.07. The maximum Gasteiger partial charge on any atom is 0.284 e. The van der Waals surface area contributed by atoms with E-state index >= 15 is 0 Å². The summed E-state index contributed by atoms with van der Waals surface area (Å²) in [6.45, 7) is 0. The van der Waals surface area contributed by atoms with Crippen LogP contribution < -0.4 is 10.1 Å². The molecule has 0 heterocycles. The summed E-state index contributed by atoms with van der Waals surface area (Å²) in [7, 11) is -2.33. The van der Waals surface area contributed by atoms with Gasteiger partial charge in [-0.1, -0.05) is 11.8 Å². The average molecular weight is 285 g/mol. The Morgan fingerprint density at radius 3 is 2.50 bits per heavy atom. The van der Waals surface area contributed by atoms with Crippen molar-refractivity contribution in [2.45, 2.75) is 4.90 Å². The Kier molecular flexibility index (Phi) is 5.00. The van der Waals surface area contributed by atoms with Gasteiger partial charge in [-0.05, 0) is 30.5 Å². The Bertz CT molecular complexity index is 573. The number of ether oxygens (including phenoxy) is 1. The number of methoxy groups -OCH3 is 1. The predicted molar refractivity (Wildman–Crippen MR) is 69.9 cm³/mol. The molecule has 0 aliphatic heterocycles. The fraction of sp³-hybridized carbons (Fsp3) is 0.200. The van der Waals surface area contributed by atoms with Crippen molar-refractivity contribution in [1.82, 2.24) is 5.32 Å². The highest BCUT2D eigenvalue weighted by molar-refractivity contribution is 8.13. The van der Waals surface area contributed by atoms with Gasteiger partial charge in [-0.3, -0.25) is 5.32 Å². The first-order valence-electron chi connectivity index (χ1n) is 4.71. The molecule has 0 aliphatic carbocycles. The number of sulfonamides is 1. The molecule has 1 N–H and O–H groups in total. The zero-order chi connectivity index (χ0) is 13.6. The summed E-state index contributed by atoms with van der Waals surface area (Å²) >= 11 is 1.04. The molecule has 1 rings (SSSR count). The molecule has 8 heteroatoms. The van der Waals surface area contributed by atoms with Crippen LogP contribution >= 0.6 is 11.8 Å². The molecule has 18 heavy (non-hydrogen) atoms. The number of nitrogens with zero attached hydrogens (tertiary/aromatic N) is 2. The zero-order valence-corrected chi connectivity index (χ0v) is 11.4. The van der Waals surface area contributed by atoms with E-state index in [0.29, 0.717) is 5.75 Å². The number of rotatable bonds is 3. The molecular weight excluding hydrogens is 274 g/mol. The van der Waals surface area contributed by atoms with Crippen molar-refractivity contribution >= 4 is 27.0 Å². The van der Waals surface area contributed by atoms with E-state index in [4.69, 9.17) is 10.00 Å². The van der Waals surface area contributed by atoms with Crippen molar-refractivity contribution in [3.05, 3.63) is 24.3 Å². The molecule has 96 valence electrons. The second kappa shape index (κ2) is 6.28. The third-order valence-corrected chi connectivity index (χ3v) is 3.90. The third-order valence-electron chi connectivity index (χ3n) is 1.92. The lowest BCUT2D eigenvalue weighted by atomic mass is 10.3. The Balaban J connectivity index is 3.09. The van der Waals surface area contributed by atoms with Crippen molar-refractivity contribution in [1.29, 1.82) is 5.26 Å². The molecule has 0 amide bonds. The van der Waals surface area contributed by atoms with E-state index in [1.54, 1.807) is 12.4 Å². The summed E-state index contributed by atoms with van der Waals surface area (Å²) < 4.78 is 32.2. The van der Waals surface area contributed by atoms with Gasteiger partial charge in [-0.25, -0.2) is 0 Å². The smallest absolute Gasteiger partial charge is 0.284 e. The van der Waals surface area contributed by atoms with Crippen molar-refractivity contribution < 1.29 is 13.2 Å². The average Bonchev–Trinajstić information content (AvgIpc) is 2.38. The Morgan fingerprint density at radius 2 is 2.06 bits per heavy atom. The zero-order valence-electron chi connectivity index (χ0n) is 9.75. The van der Waals surface area contributed by atoms with Crippen LogP contribution in [0, 0.1) is 11.5 Å². The maximum absolute atomic E-state index is 11.9. The highest BCUT2D eigenvalue weighted by Gasteiger charge is 2.14. The molecule has 6 nitrogen and oxygen atoms in total. The third kappa shape index (κ3) is 3.65. The quantitative estimate of drug-likeness (QED) is 0.388. The molecule has 0 aromatic heterocycles. The van der Waals surface area contributed by atoms with E-state index in [2.05, 4.69) is 9.71 Å². The van der Waals surface area contributed by atoms with Crippen LogP contribution in [0.3, 0.4) is 0 Å². The van der Waals surface area contributed by atoms with E-state index in [0.717, 1.165) is 11.8 Å². The molecule has 0 radical (unpaired) electrons. The number of nitrogens with one attached hydrogen (secondary N) is 1. The minimum Gasteiger partial charge on any atom is -0.497 e. The van der Waals surface area contributed by atoms with Gasteiger partial charge in [0.15, 0.2) is 11.4 Å². The number of hydrogen-bond donors (Lipinski definition) is 1. The first-order chi connectivity index (χ1) is 8.53. The molecule has 0 aliphatic rings. The molecule has 0 saturated carbocycles. The molecule has 1 aromatic rings. The van der Waals surface area contributed by atoms with Gasteiger partial charge in [0, 0.05) is 0 Å². The fourth-order valence-corrected chi connectivity index (χ4v) is 2.66. The number of hydrogen-bond acceptors (Lipinski definition) is 5. The van der Waals surface area contributed by atoms with Gasteiger partial charge >= 0.3 is 0 Å². The first kappa shape index (κ1) is 14.3. The highest BCUT2D eigenvalue weighted by atomic mass is 32.2. The van der Waals surface area contributed by atoms with Crippen LogP contribution in [0.15, 0.2) is 33.6 Å². The lowest BCUT2D eigenvalue weighted by Crippen LogP contribution is -2.15. The minimum absolute atomic E-state index is 0.0216. The van der Waals surface area contributed by atoms with Crippen molar-refractivity contribution in [3.8, 4) is 11.9 Å². The molecule has 0 atom stereocenters. The van der Waals surface area contributed by atoms with Crippen LogP contribution in [0.2, 0.25) is 0 Å². The SMILES string of the molecule is COc1ccc(S(=O)(=O)/N=C(/NC#N)SC)cc1. The topological polar surface area (TPSA) is 91.6 Å². The van der Waals surface area contributed by atoms with E-state index < -0.39 is 10.0 Å². The van der Waals surface area contributed by atoms with Crippen LogP contribution in [0.25, 0.3) is 0 Å². The standard InChI is InChI=1S/C10H11N3O3S2/c1-16-8-3-5-9(6-4-8)18(14,15)13-10(17-2)12-7-11/h3-6H,1-2H3,(H,12,13). The van der Waals surface area contributed by atoms with E-state index in [9.17, 15) is 8.42 Å². The lowest BCUT2D eigenvalue weighted by Gasteiger charge is -2.03. The molecule has 1 aromatic carbocycles. The normalized spacial score (nSPS) is 11.7. The number of benzene rings is 1. The van der Waals surface area contributed by atoms with Gasteiger partial charge in [0.25, 0.3) is 10.0 Å². The first-order valence-corrected chi connectivity index (χ1v) is 7.38. The number of thioether (sulfide) groups is 1. The van der Waals surface area contributed by atoms with Gasteiger partial charge in [-0.2, -0.15) is 13.7 Å². The molecule has 0 fully saturated rings. The van der Waals surface area contributed by atoms with E-state index in [1.807, 2.05) is 0 Å². The van der Waals surface area contributed by atoms with Gasteiger partial charge in [0.05, 0.1) is 12.0 Å². The van der Waals surface area contributed by atoms with Gasteiger partial charge in [0.2, 0.25) is 0 Å². The number of nitriles is 1. The largest absolute Gasteiger partial charge is 0.497 e. The minimum atomic E-state index is -3.82. The maximum atomic E-state index is 11.9. The predicted octanol–water partition coefficient (Wildman–Crippen LogP) is 1.17. The lowest BCUT2D eigenvalue weighted by molar-refractivity contribution is 0.414. The summed E-state index contributed by atoms with van der Waals surface area (Å²) in [6.07, 6.45) is 3.24. The monoisotopic (exact) mass is 285 g/mol. The van der Waals surface area contributed by atoms with E-state index in [1.165, 1.54) is 31.4 Å². The molecule has 0 unspecified atom stereocenters. The van der Waals surface area contributed by atoms with Gasteiger partial charge in [0.1, 0.15) is 5.75 Å². The second-order valence-electron chi connectivity index (χ2n) is 2.99. The summed E-state index contributed by atoms with van der Waals surface area (Å²) in [6, 6.07) is 5.84. The van der Waals surface area contributed by atoms with Crippen LogP contribution in [0.4, 0.5) is 0 Å². The van der Waals surface area contributed by atoms with Gasteiger partial charge < -0.3 is 4.74 Å². The Morgan fingerprint density at radius 1 is 1.44 bits per heavy atom. The molecule has 0 bridgehead atoms. The molecular formula is C10H11N3O3S2. The van der Waals surface area contributed by atoms with Crippen LogP contribution in [-0.4, -0.2) is 27.0 Å². The van der Waals surface area contributed by atoms with Crippen molar-refractivity contribution in [2.24, 2.45) is 4.40 Å². The van der Waals surface area contributed by atoms with E-state index in [-0.39, 0.29) is 10.1 Å². The molecule has 0 saturated heterocycles. The summed E-state index contributed by atoms with van der Waals surface area (Å²) in [5.41, 5.74) is 0. The summed E-state index contributed by atoms with van der Waals surface area (Å²) in [5, 5.41) is 10.7. The summed E-state index contributed by atoms with van der Waals surface area (Å²) in [5.74, 6) is 0.554. The van der Waals surface area contributed by atoms with Gasteiger partial charge in [-0.15, -0.1) is 4.40 Å². The highest BCUT2D eigenvalue weighted by Crippen LogP contribution is 2.18. The summed E-state index contributed by atoms with van der Waals surface area (Å²) in [4.78, 5) is 0.0367. The Labute approximate surface area is 110 Å². The van der Waals surface area contributed by atoms with Crippen LogP contribution in [0.5, 0.6) is 5.75 Å². The Hall–Kier alpha value is -1.72. The van der Waals surface area contributed by atoms with Crippen LogP contribution in [0.1, 0.15) is 0 Å². The van der Waals surface area contributed by atoms with Crippen LogP contribution in [-0.2, 0) is 10.0 Å². The molecule has 0 spiro atoms.